The Morgan fingerprint density at radius 2 is 1.68 bits per heavy atom. The average molecular weight is 513 g/mol. The van der Waals surface area contributed by atoms with Crippen LogP contribution in [-0.2, 0) is 28.9 Å². The first-order valence-corrected chi connectivity index (χ1v) is 12.7. The maximum absolute atomic E-state index is 13.6. The molecule has 1 unspecified atom stereocenters. The van der Waals surface area contributed by atoms with Crippen molar-refractivity contribution in [2.75, 3.05) is 28.0 Å². The molecule has 2 aliphatic heterocycles. The van der Waals surface area contributed by atoms with Crippen LogP contribution >= 0.6 is 0 Å². The van der Waals surface area contributed by atoms with Gasteiger partial charge < -0.3 is 24.0 Å². The van der Waals surface area contributed by atoms with Gasteiger partial charge in [0.25, 0.3) is 5.91 Å². The van der Waals surface area contributed by atoms with E-state index in [0.29, 0.717) is 23.6 Å². The molecule has 38 heavy (non-hydrogen) atoms. The number of amides is 2. The number of methoxy groups -OCH3 is 1. The molecule has 1 saturated heterocycles. The summed E-state index contributed by atoms with van der Waals surface area (Å²) in [6.45, 7) is 2.13. The Balaban J connectivity index is 1.43. The van der Waals surface area contributed by atoms with Crippen molar-refractivity contribution in [3.63, 3.8) is 0 Å². The number of nitrogens with zero attached hydrogens (tertiary/aromatic N) is 2. The number of hydrogen-bond donors (Lipinski definition) is 0. The highest BCUT2D eigenvalue weighted by atomic mass is 16.7. The molecule has 0 spiro atoms. The van der Waals surface area contributed by atoms with Gasteiger partial charge in [-0.3, -0.25) is 9.59 Å². The third-order valence-corrected chi connectivity index (χ3v) is 7.32. The molecule has 0 N–H and O–H groups in total. The second-order valence-electron chi connectivity index (χ2n) is 9.76. The van der Waals surface area contributed by atoms with E-state index >= 15 is 0 Å². The van der Waals surface area contributed by atoms with Gasteiger partial charge in [-0.1, -0.05) is 42.5 Å². The number of hydrogen-bond acceptors (Lipinski definition) is 5. The Bertz CT molecular complexity index is 1400. The molecule has 196 valence electrons. The quantitative estimate of drug-likeness (QED) is 0.439. The molecule has 1 fully saturated rings. The summed E-state index contributed by atoms with van der Waals surface area (Å²) in [5, 5.41) is 0. The van der Waals surface area contributed by atoms with Crippen molar-refractivity contribution in [1.82, 2.24) is 9.80 Å². The molecule has 1 atom stereocenters. The molecule has 3 aromatic carbocycles. The maximum atomic E-state index is 13.6. The zero-order chi connectivity index (χ0) is 26.8. The molecule has 3 aromatic rings. The molecule has 0 aromatic heterocycles. The fourth-order valence-corrected chi connectivity index (χ4v) is 5.07. The van der Waals surface area contributed by atoms with Crippen LogP contribution in [0.25, 0.3) is 6.08 Å². The van der Waals surface area contributed by atoms with Gasteiger partial charge in [0.2, 0.25) is 12.7 Å². The standard InChI is InChI=1S/C31H32N2O5/c1-20-14-22(11-13-27(20)36-4)15-25-30(34)33(3)26(31(35)32(25)2)16-24-18-29-28(37-19-38-29)17-23(24)12-10-21-8-6-5-7-9-21/h5-9,11,13-14,16-18,25H,10,12,15,19H2,1-4H3. The van der Waals surface area contributed by atoms with Crippen molar-refractivity contribution >= 4 is 17.9 Å². The highest BCUT2D eigenvalue weighted by molar-refractivity contribution is 6.07. The number of carbonyl (C=O) groups excluding carboxylic acids is 2. The van der Waals surface area contributed by atoms with E-state index in [0.717, 1.165) is 40.8 Å². The lowest BCUT2D eigenvalue weighted by Crippen LogP contribution is -2.56. The normalized spacial score (nSPS) is 17.9. The van der Waals surface area contributed by atoms with Crippen LogP contribution in [0.1, 0.15) is 27.8 Å². The number of fused-ring (bicyclic) bond motifs is 1. The highest BCUT2D eigenvalue weighted by Crippen LogP contribution is 2.37. The van der Waals surface area contributed by atoms with Gasteiger partial charge in [-0.25, -0.2) is 0 Å². The molecule has 0 saturated carbocycles. The third-order valence-electron chi connectivity index (χ3n) is 7.32. The van der Waals surface area contributed by atoms with Crippen LogP contribution in [0.5, 0.6) is 17.2 Å². The van der Waals surface area contributed by atoms with Crippen molar-refractivity contribution in [3.8, 4) is 17.2 Å². The summed E-state index contributed by atoms with van der Waals surface area (Å²) in [5.41, 5.74) is 5.38. The fourth-order valence-electron chi connectivity index (χ4n) is 5.07. The largest absolute Gasteiger partial charge is 0.496 e. The predicted molar refractivity (Wildman–Crippen MR) is 145 cm³/mol. The number of rotatable bonds is 7. The topological polar surface area (TPSA) is 68.3 Å². The molecule has 7 heteroatoms. The van der Waals surface area contributed by atoms with Crippen molar-refractivity contribution in [3.05, 3.63) is 94.2 Å². The molecular formula is C31H32N2O5. The maximum Gasteiger partial charge on any atom is 0.271 e. The number of aryl methyl sites for hydroxylation is 3. The lowest BCUT2D eigenvalue weighted by atomic mass is 9.96. The number of carbonyl (C=O) groups is 2. The monoisotopic (exact) mass is 512 g/mol. The van der Waals surface area contributed by atoms with Gasteiger partial charge in [0.05, 0.1) is 7.11 Å². The molecule has 0 aliphatic carbocycles. The predicted octanol–water partition coefficient (Wildman–Crippen LogP) is 4.40. The number of benzene rings is 3. The molecular weight excluding hydrogens is 480 g/mol. The van der Waals surface area contributed by atoms with Crippen molar-refractivity contribution in [2.24, 2.45) is 0 Å². The van der Waals surface area contributed by atoms with Gasteiger partial charge in [0.15, 0.2) is 11.5 Å². The lowest BCUT2D eigenvalue weighted by Gasteiger charge is -2.38. The Morgan fingerprint density at radius 1 is 0.947 bits per heavy atom. The molecule has 0 radical (unpaired) electrons. The first-order valence-electron chi connectivity index (χ1n) is 12.7. The van der Waals surface area contributed by atoms with Crippen LogP contribution in [0.15, 0.2) is 66.4 Å². The van der Waals surface area contributed by atoms with Crippen molar-refractivity contribution in [2.45, 2.75) is 32.2 Å². The van der Waals surface area contributed by atoms with Gasteiger partial charge in [0, 0.05) is 20.5 Å². The van der Waals surface area contributed by atoms with E-state index in [9.17, 15) is 9.59 Å². The summed E-state index contributed by atoms with van der Waals surface area (Å²) in [7, 11) is 5.00. The van der Waals surface area contributed by atoms with E-state index in [4.69, 9.17) is 14.2 Å². The average Bonchev–Trinajstić information content (AvgIpc) is 3.39. The van der Waals surface area contributed by atoms with E-state index < -0.39 is 6.04 Å². The zero-order valence-corrected chi connectivity index (χ0v) is 22.2. The molecule has 0 bridgehead atoms. The van der Waals surface area contributed by atoms with Crippen LogP contribution in [-0.4, -0.2) is 55.7 Å². The van der Waals surface area contributed by atoms with E-state index in [-0.39, 0.29) is 18.6 Å². The van der Waals surface area contributed by atoms with Gasteiger partial charge in [-0.15, -0.1) is 0 Å². The Kier molecular flexibility index (Phi) is 7.09. The lowest BCUT2D eigenvalue weighted by molar-refractivity contribution is -0.148. The van der Waals surface area contributed by atoms with Crippen molar-refractivity contribution in [1.29, 1.82) is 0 Å². The Hall–Kier alpha value is -4.26. The summed E-state index contributed by atoms with van der Waals surface area (Å²) in [6.07, 6.45) is 3.81. The SMILES string of the molecule is COc1ccc(CC2C(=O)N(C)C(=Cc3cc4c(cc3CCc3ccccc3)OCO4)C(=O)N2C)cc1C. The molecule has 5 rings (SSSR count). The first-order chi connectivity index (χ1) is 18.4. The van der Waals surface area contributed by atoms with Crippen LogP contribution < -0.4 is 14.2 Å². The van der Waals surface area contributed by atoms with Crippen LogP contribution in [0.2, 0.25) is 0 Å². The van der Waals surface area contributed by atoms with Crippen molar-refractivity contribution < 1.29 is 23.8 Å². The molecule has 2 heterocycles. The fraction of sp³-hybridized carbons (Fsp3) is 0.290. The molecule has 7 nitrogen and oxygen atoms in total. The highest BCUT2D eigenvalue weighted by Gasteiger charge is 2.39. The van der Waals surface area contributed by atoms with Crippen LogP contribution in [0, 0.1) is 6.92 Å². The van der Waals surface area contributed by atoms with E-state index in [1.165, 1.54) is 10.5 Å². The zero-order valence-electron chi connectivity index (χ0n) is 22.2. The summed E-state index contributed by atoms with van der Waals surface area (Å²) < 4.78 is 16.6. The first kappa shape index (κ1) is 25.4. The van der Waals surface area contributed by atoms with Gasteiger partial charge in [0.1, 0.15) is 17.5 Å². The van der Waals surface area contributed by atoms with Gasteiger partial charge in [-0.2, -0.15) is 0 Å². The molecule has 2 aliphatic rings. The second-order valence-corrected chi connectivity index (χ2v) is 9.76. The van der Waals surface area contributed by atoms with Crippen LogP contribution in [0.3, 0.4) is 0 Å². The number of piperazine rings is 1. The third kappa shape index (κ3) is 4.96. The number of likely N-dealkylation sites (N-methyl/N-ethyl adjacent to an activating group) is 2. The smallest absolute Gasteiger partial charge is 0.271 e. The van der Waals surface area contributed by atoms with E-state index in [1.807, 2.05) is 55.5 Å². The summed E-state index contributed by atoms with van der Waals surface area (Å²) in [6, 6.07) is 19.4. The van der Waals surface area contributed by atoms with Gasteiger partial charge in [-0.05, 0) is 71.9 Å². The summed E-state index contributed by atoms with van der Waals surface area (Å²) >= 11 is 0. The second kappa shape index (κ2) is 10.6. The Morgan fingerprint density at radius 3 is 2.39 bits per heavy atom. The molecule has 2 amide bonds. The number of ether oxygens (including phenoxy) is 3. The van der Waals surface area contributed by atoms with Gasteiger partial charge >= 0.3 is 0 Å². The minimum absolute atomic E-state index is 0.126. The minimum Gasteiger partial charge on any atom is -0.496 e. The Labute approximate surface area is 223 Å². The minimum atomic E-state index is -0.591. The van der Waals surface area contributed by atoms with E-state index in [2.05, 4.69) is 12.1 Å². The summed E-state index contributed by atoms with van der Waals surface area (Å²) in [5.74, 6) is 1.80. The van der Waals surface area contributed by atoms with Crippen LogP contribution in [0.4, 0.5) is 0 Å². The summed E-state index contributed by atoms with van der Waals surface area (Å²) in [4.78, 5) is 30.1. The van der Waals surface area contributed by atoms with E-state index in [1.54, 1.807) is 32.2 Å².